The van der Waals surface area contributed by atoms with E-state index in [0.29, 0.717) is 10.0 Å². The van der Waals surface area contributed by atoms with Gasteiger partial charge in [-0.3, -0.25) is 0 Å². The summed E-state index contributed by atoms with van der Waals surface area (Å²) in [5.74, 6) is 0. The molecule has 0 atom stereocenters. The molecule has 0 aliphatic rings. The lowest BCUT2D eigenvalue weighted by molar-refractivity contribution is 0.182. The largest absolute Gasteiger partial charge is 0.330 e. The number of para-hydroxylation sites is 1. The molecule has 1 rings (SSSR count). The molecule has 0 unspecified atom stereocenters. The number of rotatable bonds is 1. The summed E-state index contributed by atoms with van der Waals surface area (Å²) in [6, 6.07) is 3.79. The van der Waals surface area contributed by atoms with Crippen LogP contribution in [0.5, 0.6) is 0 Å². The van der Waals surface area contributed by atoms with Crippen molar-refractivity contribution < 1.29 is 9.59 Å². The molecule has 0 radical (unpaired) electrons. The zero-order valence-electron chi connectivity index (χ0n) is 10.2. The van der Waals surface area contributed by atoms with Crippen molar-refractivity contribution in [2.24, 2.45) is 0 Å². The molecule has 0 saturated heterocycles. The molecule has 0 aliphatic heterocycles. The molecular weight excluding hydrogens is 277 g/mol. The molecule has 18 heavy (non-hydrogen) atoms. The lowest BCUT2D eigenvalue weighted by Crippen LogP contribution is -2.42. The fraction of sp³-hybridized carbons (Fsp3) is 0.273. The number of imide groups is 1. The van der Waals surface area contributed by atoms with Gasteiger partial charge in [0.05, 0.1) is 15.7 Å². The summed E-state index contributed by atoms with van der Waals surface area (Å²) >= 11 is 11.8. The van der Waals surface area contributed by atoms with Crippen LogP contribution in [0.2, 0.25) is 10.0 Å². The number of benzene rings is 1. The van der Waals surface area contributed by atoms with Gasteiger partial charge in [-0.25, -0.2) is 14.5 Å². The number of hydrogen-bond donors (Lipinski definition) is 1. The number of halogens is 2. The number of urea groups is 2. The van der Waals surface area contributed by atoms with E-state index in [9.17, 15) is 9.59 Å². The van der Waals surface area contributed by atoms with E-state index in [4.69, 9.17) is 23.2 Å². The molecular formula is C11H13Cl2N3O2. The summed E-state index contributed by atoms with van der Waals surface area (Å²) in [4.78, 5) is 25.6. The first kappa shape index (κ1) is 14.6. The first-order chi connectivity index (χ1) is 8.34. The molecule has 4 amide bonds. The van der Waals surface area contributed by atoms with E-state index < -0.39 is 12.1 Å². The third-order valence-electron chi connectivity index (χ3n) is 2.17. The summed E-state index contributed by atoms with van der Waals surface area (Å²) in [7, 11) is 4.46. The minimum absolute atomic E-state index is 0.282. The number of carbonyl (C=O) groups is 2. The number of amides is 4. The number of anilines is 1. The topological polar surface area (TPSA) is 52.7 Å². The Hall–Kier alpha value is -1.46. The van der Waals surface area contributed by atoms with E-state index in [2.05, 4.69) is 5.32 Å². The molecule has 1 aromatic rings. The highest BCUT2D eigenvalue weighted by molar-refractivity contribution is 6.39. The molecule has 0 spiro atoms. The fourth-order valence-electron chi connectivity index (χ4n) is 1.19. The Labute approximate surface area is 115 Å². The van der Waals surface area contributed by atoms with Crippen molar-refractivity contribution >= 4 is 41.0 Å². The zero-order chi connectivity index (χ0) is 13.9. The van der Waals surface area contributed by atoms with Crippen molar-refractivity contribution in [2.75, 3.05) is 26.5 Å². The Balaban J connectivity index is 2.85. The van der Waals surface area contributed by atoms with Crippen LogP contribution in [-0.4, -0.2) is 43.0 Å². The normalized spacial score (nSPS) is 9.83. The van der Waals surface area contributed by atoms with Gasteiger partial charge in [0.1, 0.15) is 0 Å². The van der Waals surface area contributed by atoms with Gasteiger partial charge in [-0.15, -0.1) is 0 Å². The van der Waals surface area contributed by atoms with Crippen molar-refractivity contribution in [3.8, 4) is 0 Å². The molecule has 0 aliphatic carbocycles. The highest BCUT2D eigenvalue weighted by Gasteiger charge is 2.19. The van der Waals surface area contributed by atoms with Gasteiger partial charge < -0.3 is 10.2 Å². The van der Waals surface area contributed by atoms with Gasteiger partial charge >= 0.3 is 12.1 Å². The average molecular weight is 290 g/mol. The molecule has 5 nitrogen and oxygen atoms in total. The van der Waals surface area contributed by atoms with Gasteiger partial charge in [-0.05, 0) is 12.1 Å². The van der Waals surface area contributed by atoms with E-state index in [0.717, 1.165) is 4.90 Å². The molecule has 0 saturated carbocycles. The number of nitrogens with one attached hydrogen (secondary N) is 1. The monoisotopic (exact) mass is 289 g/mol. The van der Waals surface area contributed by atoms with Crippen molar-refractivity contribution in [2.45, 2.75) is 0 Å². The van der Waals surface area contributed by atoms with Crippen LogP contribution >= 0.6 is 23.2 Å². The third-order valence-corrected chi connectivity index (χ3v) is 2.80. The zero-order valence-corrected chi connectivity index (χ0v) is 11.7. The smallest absolute Gasteiger partial charge is 0.329 e. The summed E-state index contributed by atoms with van der Waals surface area (Å²) in [5.41, 5.74) is 0.282. The van der Waals surface area contributed by atoms with Crippen LogP contribution in [0.15, 0.2) is 18.2 Å². The Bertz CT molecular complexity index is 457. The molecule has 1 N–H and O–H groups in total. The second-order valence-electron chi connectivity index (χ2n) is 3.76. The molecule has 0 heterocycles. The standard InChI is InChI=1S/C11H13Cl2N3O2/c1-15(2)11(18)16(3)10(17)14-9-7(12)5-4-6-8(9)13/h4-6H,1-3H3,(H,14,17). The average Bonchev–Trinajstić information content (AvgIpc) is 2.31. The van der Waals surface area contributed by atoms with E-state index in [1.165, 1.54) is 11.9 Å². The maximum atomic E-state index is 11.8. The van der Waals surface area contributed by atoms with Crippen LogP contribution in [0.25, 0.3) is 0 Å². The highest BCUT2D eigenvalue weighted by Crippen LogP contribution is 2.29. The van der Waals surface area contributed by atoms with Crippen LogP contribution in [0, 0.1) is 0 Å². The Morgan fingerprint density at radius 2 is 1.61 bits per heavy atom. The second kappa shape index (κ2) is 5.93. The molecule has 0 fully saturated rings. The van der Waals surface area contributed by atoms with E-state index in [1.807, 2.05) is 0 Å². The van der Waals surface area contributed by atoms with Crippen molar-refractivity contribution in [3.05, 3.63) is 28.2 Å². The summed E-state index contributed by atoms with van der Waals surface area (Å²) in [6.07, 6.45) is 0. The molecule has 1 aromatic carbocycles. The minimum atomic E-state index is -0.608. The van der Waals surface area contributed by atoms with Gasteiger partial charge in [0.2, 0.25) is 0 Å². The first-order valence-electron chi connectivity index (χ1n) is 5.04. The Morgan fingerprint density at radius 3 is 2.06 bits per heavy atom. The molecule has 7 heteroatoms. The van der Waals surface area contributed by atoms with Gasteiger partial charge in [0.25, 0.3) is 0 Å². The van der Waals surface area contributed by atoms with Crippen LogP contribution < -0.4 is 5.32 Å². The molecule has 0 bridgehead atoms. The van der Waals surface area contributed by atoms with Crippen LogP contribution in [-0.2, 0) is 0 Å². The summed E-state index contributed by atoms with van der Waals surface area (Å²) in [5, 5.41) is 3.10. The van der Waals surface area contributed by atoms with Gasteiger partial charge in [0.15, 0.2) is 0 Å². The summed E-state index contributed by atoms with van der Waals surface area (Å²) < 4.78 is 0. The quantitative estimate of drug-likeness (QED) is 0.863. The second-order valence-corrected chi connectivity index (χ2v) is 4.58. The first-order valence-corrected chi connectivity index (χ1v) is 5.80. The molecule has 98 valence electrons. The predicted molar refractivity (Wildman–Crippen MR) is 72.3 cm³/mol. The van der Waals surface area contributed by atoms with Crippen LogP contribution in [0.1, 0.15) is 0 Å². The lowest BCUT2D eigenvalue weighted by Gasteiger charge is -2.21. The number of nitrogens with zero attached hydrogens (tertiary/aromatic N) is 2. The number of hydrogen-bond acceptors (Lipinski definition) is 2. The SMILES string of the molecule is CN(C)C(=O)N(C)C(=O)Nc1c(Cl)cccc1Cl. The highest BCUT2D eigenvalue weighted by atomic mass is 35.5. The fourth-order valence-corrected chi connectivity index (χ4v) is 1.69. The Kier molecular flexibility index (Phi) is 4.81. The minimum Gasteiger partial charge on any atom is -0.330 e. The van der Waals surface area contributed by atoms with Gasteiger partial charge in [-0.1, -0.05) is 29.3 Å². The van der Waals surface area contributed by atoms with Crippen LogP contribution in [0.3, 0.4) is 0 Å². The Morgan fingerprint density at radius 1 is 1.11 bits per heavy atom. The maximum Gasteiger partial charge on any atom is 0.329 e. The van der Waals surface area contributed by atoms with Crippen molar-refractivity contribution in [3.63, 3.8) is 0 Å². The van der Waals surface area contributed by atoms with Crippen LogP contribution in [0.4, 0.5) is 15.3 Å². The lowest BCUT2D eigenvalue weighted by atomic mass is 10.3. The van der Waals surface area contributed by atoms with E-state index in [-0.39, 0.29) is 5.69 Å². The van der Waals surface area contributed by atoms with Crippen molar-refractivity contribution in [1.82, 2.24) is 9.80 Å². The molecule has 0 aromatic heterocycles. The number of carbonyl (C=O) groups excluding carboxylic acids is 2. The van der Waals surface area contributed by atoms with Gasteiger partial charge in [-0.2, -0.15) is 0 Å². The van der Waals surface area contributed by atoms with E-state index in [1.54, 1.807) is 32.3 Å². The predicted octanol–water partition coefficient (Wildman–Crippen LogP) is 3.14. The third kappa shape index (κ3) is 3.27. The maximum absolute atomic E-state index is 11.8. The van der Waals surface area contributed by atoms with E-state index >= 15 is 0 Å². The van der Waals surface area contributed by atoms with Gasteiger partial charge in [0, 0.05) is 21.1 Å². The van der Waals surface area contributed by atoms with Crippen molar-refractivity contribution in [1.29, 1.82) is 0 Å². The summed E-state index contributed by atoms with van der Waals surface area (Å²) in [6.45, 7) is 0.